The van der Waals surface area contributed by atoms with Gasteiger partial charge in [0, 0.05) is 18.0 Å². The van der Waals surface area contributed by atoms with Crippen molar-refractivity contribution < 1.29 is 8.42 Å². The molecule has 3 nitrogen and oxygen atoms in total. The van der Waals surface area contributed by atoms with E-state index in [2.05, 4.69) is 12.2 Å². The monoisotopic (exact) mass is 267 g/mol. The summed E-state index contributed by atoms with van der Waals surface area (Å²) in [6, 6.07) is 7.43. The van der Waals surface area contributed by atoms with Crippen LogP contribution >= 0.6 is 0 Å². The Morgan fingerprint density at radius 1 is 1.28 bits per heavy atom. The van der Waals surface area contributed by atoms with E-state index in [0.29, 0.717) is 10.9 Å². The van der Waals surface area contributed by atoms with Gasteiger partial charge in [-0.3, -0.25) is 0 Å². The highest BCUT2D eigenvalue weighted by Gasteiger charge is 2.21. The molecule has 4 heteroatoms. The molecule has 0 spiro atoms. The van der Waals surface area contributed by atoms with Gasteiger partial charge in [0.15, 0.2) is 9.84 Å². The van der Waals surface area contributed by atoms with Gasteiger partial charge in [0.2, 0.25) is 0 Å². The first-order chi connectivity index (χ1) is 8.45. The molecule has 100 valence electrons. The van der Waals surface area contributed by atoms with Crippen LogP contribution in [0.15, 0.2) is 29.2 Å². The van der Waals surface area contributed by atoms with Gasteiger partial charge < -0.3 is 5.32 Å². The SMILES string of the molecule is CC(CCC1CC1)Nc1ccc(S(C)(=O)=O)cc1. The summed E-state index contributed by atoms with van der Waals surface area (Å²) < 4.78 is 22.7. The summed E-state index contributed by atoms with van der Waals surface area (Å²) in [6.07, 6.45) is 6.51. The highest BCUT2D eigenvalue weighted by molar-refractivity contribution is 7.90. The van der Waals surface area contributed by atoms with E-state index in [0.717, 1.165) is 11.6 Å². The van der Waals surface area contributed by atoms with E-state index in [9.17, 15) is 8.42 Å². The molecule has 1 aromatic carbocycles. The summed E-state index contributed by atoms with van der Waals surface area (Å²) in [7, 11) is -3.09. The number of benzene rings is 1. The van der Waals surface area contributed by atoms with Gasteiger partial charge in [0.05, 0.1) is 4.90 Å². The van der Waals surface area contributed by atoms with Crippen LogP contribution in [0, 0.1) is 5.92 Å². The number of rotatable bonds is 6. The van der Waals surface area contributed by atoms with Crippen molar-refractivity contribution in [3.05, 3.63) is 24.3 Å². The van der Waals surface area contributed by atoms with Crippen molar-refractivity contribution in [3.63, 3.8) is 0 Å². The van der Waals surface area contributed by atoms with Crippen LogP contribution in [0.1, 0.15) is 32.6 Å². The molecular weight excluding hydrogens is 246 g/mol. The Morgan fingerprint density at radius 2 is 1.89 bits per heavy atom. The maximum atomic E-state index is 11.3. The zero-order chi connectivity index (χ0) is 13.2. The fraction of sp³-hybridized carbons (Fsp3) is 0.571. The van der Waals surface area contributed by atoms with Crippen LogP contribution in [0.25, 0.3) is 0 Å². The summed E-state index contributed by atoms with van der Waals surface area (Å²) in [5, 5.41) is 3.41. The smallest absolute Gasteiger partial charge is 0.175 e. The Kier molecular flexibility index (Phi) is 3.95. The highest BCUT2D eigenvalue weighted by Crippen LogP contribution is 2.34. The molecule has 1 atom stereocenters. The third-order valence-corrected chi connectivity index (χ3v) is 4.53. The number of anilines is 1. The first-order valence-electron chi connectivity index (χ1n) is 6.52. The second kappa shape index (κ2) is 5.31. The quantitative estimate of drug-likeness (QED) is 0.861. The van der Waals surface area contributed by atoms with E-state index in [1.165, 1.54) is 31.9 Å². The van der Waals surface area contributed by atoms with Crippen LogP contribution in [-0.4, -0.2) is 20.7 Å². The Morgan fingerprint density at radius 3 is 2.39 bits per heavy atom. The lowest BCUT2D eigenvalue weighted by molar-refractivity contribution is 0.602. The zero-order valence-corrected chi connectivity index (χ0v) is 11.8. The Labute approximate surface area is 110 Å². The normalized spacial score (nSPS) is 17.4. The van der Waals surface area contributed by atoms with Crippen LogP contribution in [0.2, 0.25) is 0 Å². The van der Waals surface area contributed by atoms with Crippen molar-refractivity contribution in [2.24, 2.45) is 5.92 Å². The maximum absolute atomic E-state index is 11.3. The largest absolute Gasteiger partial charge is 0.383 e. The van der Waals surface area contributed by atoms with Crippen LogP contribution in [-0.2, 0) is 9.84 Å². The molecule has 1 aliphatic carbocycles. The molecule has 2 rings (SSSR count). The summed E-state index contributed by atoms with van der Waals surface area (Å²) in [6.45, 7) is 2.17. The molecule has 1 aliphatic rings. The molecule has 1 N–H and O–H groups in total. The minimum absolute atomic E-state index is 0.374. The van der Waals surface area contributed by atoms with Crippen LogP contribution in [0.5, 0.6) is 0 Å². The minimum atomic E-state index is -3.09. The molecular formula is C14H21NO2S. The van der Waals surface area contributed by atoms with Gasteiger partial charge >= 0.3 is 0 Å². The molecule has 0 aromatic heterocycles. The van der Waals surface area contributed by atoms with Crippen LogP contribution in [0.4, 0.5) is 5.69 Å². The van der Waals surface area contributed by atoms with Gasteiger partial charge in [-0.25, -0.2) is 8.42 Å². The summed E-state index contributed by atoms with van der Waals surface area (Å²) in [5.74, 6) is 0.960. The van der Waals surface area contributed by atoms with Gasteiger partial charge in [-0.05, 0) is 49.9 Å². The van der Waals surface area contributed by atoms with Crippen molar-refractivity contribution in [1.29, 1.82) is 0 Å². The third-order valence-electron chi connectivity index (χ3n) is 3.40. The molecule has 1 fully saturated rings. The van der Waals surface area contributed by atoms with E-state index in [1.54, 1.807) is 12.1 Å². The highest BCUT2D eigenvalue weighted by atomic mass is 32.2. The van der Waals surface area contributed by atoms with Gasteiger partial charge in [-0.2, -0.15) is 0 Å². The molecule has 0 heterocycles. The van der Waals surface area contributed by atoms with E-state index in [1.807, 2.05) is 12.1 Å². The van der Waals surface area contributed by atoms with E-state index in [4.69, 9.17) is 0 Å². The maximum Gasteiger partial charge on any atom is 0.175 e. The Balaban J connectivity index is 1.88. The van der Waals surface area contributed by atoms with E-state index >= 15 is 0 Å². The summed E-state index contributed by atoms with van der Waals surface area (Å²) in [5.41, 5.74) is 0.991. The van der Waals surface area contributed by atoms with E-state index in [-0.39, 0.29) is 0 Å². The second-order valence-corrected chi connectivity index (χ2v) is 7.38. The lowest BCUT2D eigenvalue weighted by Crippen LogP contribution is -2.15. The van der Waals surface area contributed by atoms with Crippen LogP contribution < -0.4 is 5.32 Å². The molecule has 0 amide bonds. The first-order valence-corrected chi connectivity index (χ1v) is 8.41. The predicted octanol–water partition coefficient (Wildman–Crippen LogP) is 3.08. The average molecular weight is 267 g/mol. The molecule has 1 aromatic rings. The van der Waals surface area contributed by atoms with E-state index < -0.39 is 9.84 Å². The topological polar surface area (TPSA) is 46.2 Å². The molecule has 0 bridgehead atoms. The number of nitrogens with one attached hydrogen (secondary N) is 1. The number of hydrogen-bond acceptors (Lipinski definition) is 3. The van der Waals surface area contributed by atoms with Crippen molar-refractivity contribution in [3.8, 4) is 0 Å². The number of hydrogen-bond donors (Lipinski definition) is 1. The summed E-state index contributed by atoms with van der Waals surface area (Å²) in [4.78, 5) is 0.374. The second-order valence-electron chi connectivity index (χ2n) is 5.36. The molecule has 1 unspecified atom stereocenters. The molecule has 0 radical (unpaired) electrons. The van der Waals surface area contributed by atoms with Crippen LogP contribution in [0.3, 0.4) is 0 Å². The third kappa shape index (κ3) is 4.02. The predicted molar refractivity (Wildman–Crippen MR) is 74.6 cm³/mol. The van der Waals surface area contributed by atoms with Gasteiger partial charge in [0.25, 0.3) is 0 Å². The Hall–Kier alpha value is -1.03. The lowest BCUT2D eigenvalue weighted by Gasteiger charge is -2.15. The fourth-order valence-electron chi connectivity index (χ4n) is 2.05. The van der Waals surface area contributed by atoms with Gasteiger partial charge in [0.1, 0.15) is 0 Å². The van der Waals surface area contributed by atoms with Gasteiger partial charge in [-0.1, -0.05) is 12.8 Å². The molecule has 1 saturated carbocycles. The van der Waals surface area contributed by atoms with Crippen molar-refractivity contribution in [1.82, 2.24) is 0 Å². The standard InChI is InChI=1S/C14H21NO2S/c1-11(3-4-12-5-6-12)15-13-7-9-14(10-8-13)18(2,16)17/h7-12,15H,3-6H2,1-2H3. The van der Waals surface area contributed by atoms with Gasteiger partial charge in [-0.15, -0.1) is 0 Å². The number of sulfone groups is 1. The molecule has 18 heavy (non-hydrogen) atoms. The molecule has 0 saturated heterocycles. The fourth-order valence-corrected chi connectivity index (χ4v) is 2.68. The minimum Gasteiger partial charge on any atom is -0.383 e. The Bertz CT molecular complexity index is 489. The molecule has 0 aliphatic heterocycles. The zero-order valence-electron chi connectivity index (χ0n) is 11.0. The van der Waals surface area contributed by atoms with Crippen molar-refractivity contribution in [2.45, 2.75) is 43.5 Å². The average Bonchev–Trinajstić information content (AvgIpc) is 3.09. The van der Waals surface area contributed by atoms with Crippen molar-refractivity contribution in [2.75, 3.05) is 11.6 Å². The summed E-state index contributed by atoms with van der Waals surface area (Å²) >= 11 is 0. The van der Waals surface area contributed by atoms with Crippen molar-refractivity contribution >= 4 is 15.5 Å². The lowest BCUT2D eigenvalue weighted by atomic mass is 10.1. The first kappa shape index (κ1) is 13.4.